The third-order valence-electron chi connectivity index (χ3n) is 8.50. The van der Waals surface area contributed by atoms with Crippen LogP contribution in [0.25, 0.3) is 28.1 Å². The molecule has 1 saturated carbocycles. The van der Waals surface area contributed by atoms with Gasteiger partial charge >= 0.3 is 5.97 Å². The van der Waals surface area contributed by atoms with Crippen molar-refractivity contribution in [2.45, 2.75) is 56.6 Å². The van der Waals surface area contributed by atoms with Crippen molar-refractivity contribution in [2.24, 2.45) is 5.92 Å². The normalized spacial score (nSPS) is 18.3. The maximum atomic E-state index is 15.5. The summed E-state index contributed by atoms with van der Waals surface area (Å²) in [6, 6.07) is 20.6. The van der Waals surface area contributed by atoms with Crippen molar-refractivity contribution in [3.63, 3.8) is 0 Å². The van der Waals surface area contributed by atoms with E-state index in [1.54, 1.807) is 22.5 Å². The predicted octanol–water partition coefficient (Wildman–Crippen LogP) is 8.76. The summed E-state index contributed by atoms with van der Waals surface area (Å²) in [6.07, 6.45) is 10.9. The van der Waals surface area contributed by atoms with Crippen molar-refractivity contribution in [2.75, 3.05) is 12.9 Å². The van der Waals surface area contributed by atoms with Gasteiger partial charge in [0.15, 0.2) is 6.23 Å². The summed E-state index contributed by atoms with van der Waals surface area (Å²) >= 11 is 1.73. The lowest BCUT2D eigenvalue weighted by atomic mass is 9.72. The largest absolute Gasteiger partial charge is 0.478 e. The molecule has 1 aromatic heterocycles. The SMILES string of the molecule is CSc1ccc(/C(=C(\c2ccc(/C=C/C(=O)O)cc2)c2ccc3c(c2)c(F)nn3C2CCCCO2)C2CCC2)c(C)c1. The maximum Gasteiger partial charge on any atom is 0.328 e. The van der Waals surface area contributed by atoms with Gasteiger partial charge in [-0.05, 0) is 121 Å². The molecule has 42 heavy (non-hydrogen) atoms. The highest BCUT2D eigenvalue weighted by Crippen LogP contribution is 2.46. The molecule has 1 saturated heterocycles. The van der Waals surface area contributed by atoms with Gasteiger partial charge in [0.05, 0.1) is 10.9 Å². The first kappa shape index (κ1) is 28.4. The molecule has 216 valence electrons. The second-order valence-electron chi connectivity index (χ2n) is 11.2. The molecule has 1 N–H and O–H groups in total. The summed E-state index contributed by atoms with van der Waals surface area (Å²) in [5, 5.41) is 13.8. The number of halogens is 1. The van der Waals surface area contributed by atoms with Crippen LogP contribution < -0.4 is 0 Å². The van der Waals surface area contributed by atoms with Gasteiger partial charge in [0.1, 0.15) is 0 Å². The fraction of sp³-hybridized carbons (Fsp3) is 0.314. The van der Waals surface area contributed by atoms with Crippen LogP contribution in [0.3, 0.4) is 0 Å². The van der Waals surface area contributed by atoms with Crippen molar-refractivity contribution >= 4 is 45.9 Å². The molecule has 2 fully saturated rings. The number of benzene rings is 3. The fourth-order valence-corrected chi connectivity index (χ4v) is 6.62. The summed E-state index contributed by atoms with van der Waals surface area (Å²) in [5.74, 6) is -1.07. The molecule has 2 heterocycles. The molecule has 1 aliphatic heterocycles. The first-order valence-corrected chi connectivity index (χ1v) is 15.9. The van der Waals surface area contributed by atoms with Crippen molar-refractivity contribution in [3.05, 3.63) is 101 Å². The molecule has 1 unspecified atom stereocenters. The molecule has 0 amide bonds. The van der Waals surface area contributed by atoms with Gasteiger partial charge in [0.25, 0.3) is 0 Å². The number of thioether (sulfide) groups is 1. The van der Waals surface area contributed by atoms with E-state index in [1.165, 1.54) is 28.0 Å². The number of aryl methyl sites for hydroxylation is 1. The van der Waals surface area contributed by atoms with Gasteiger partial charge in [-0.1, -0.05) is 42.8 Å². The first-order valence-electron chi connectivity index (χ1n) is 14.6. The van der Waals surface area contributed by atoms with Crippen LogP contribution in [0.15, 0.2) is 71.6 Å². The van der Waals surface area contributed by atoms with Crippen molar-refractivity contribution in [1.29, 1.82) is 0 Å². The van der Waals surface area contributed by atoms with Gasteiger partial charge in [-0.15, -0.1) is 16.9 Å². The van der Waals surface area contributed by atoms with Gasteiger partial charge in [0.2, 0.25) is 5.95 Å². The van der Waals surface area contributed by atoms with E-state index in [4.69, 9.17) is 9.84 Å². The van der Waals surface area contributed by atoms with E-state index in [1.807, 2.05) is 36.4 Å². The number of nitrogens with zero attached hydrogens (tertiary/aromatic N) is 2. The van der Waals surface area contributed by atoms with Crippen LogP contribution in [0, 0.1) is 18.8 Å². The number of hydrogen-bond donors (Lipinski definition) is 1. The van der Waals surface area contributed by atoms with E-state index >= 15 is 4.39 Å². The Morgan fingerprint density at radius 1 is 1.02 bits per heavy atom. The number of fused-ring (bicyclic) bond motifs is 1. The molecule has 0 spiro atoms. The van der Waals surface area contributed by atoms with Gasteiger partial charge in [-0.25, -0.2) is 9.48 Å². The highest BCUT2D eigenvalue weighted by atomic mass is 32.2. The third-order valence-corrected chi connectivity index (χ3v) is 9.23. The van der Waals surface area contributed by atoms with E-state index in [2.05, 4.69) is 42.5 Å². The number of ether oxygens (including phenoxy) is 1. The zero-order chi connectivity index (χ0) is 29.2. The van der Waals surface area contributed by atoms with Crippen LogP contribution in [-0.2, 0) is 9.53 Å². The maximum absolute atomic E-state index is 15.5. The number of hydrogen-bond acceptors (Lipinski definition) is 4. The molecular weight excluding hydrogens is 547 g/mol. The molecule has 6 rings (SSSR count). The zero-order valence-corrected chi connectivity index (χ0v) is 24.8. The van der Waals surface area contributed by atoms with Gasteiger partial charge in [0, 0.05) is 17.6 Å². The second-order valence-corrected chi connectivity index (χ2v) is 12.1. The minimum absolute atomic E-state index is 0.249. The molecule has 1 atom stereocenters. The van der Waals surface area contributed by atoms with Crippen LogP contribution in [-0.4, -0.2) is 33.7 Å². The molecular formula is C35H35FN2O3S. The minimum Gasteiger partial charge on any atom is -0.478 e. The summed E-state index contributed by atoms with van der Waals surface area (Å²) in [4.78, 5) is 12.3. The Hall–Kier alpha value is -3.68. The molecule has 2 aliphatic rings. The van der Waals surface area contributed by atoms with Crippen molar-refractivity contribution in [3.8, 4) is 0 Å². The minimum atomic E-state index is -0.981. The van der Waals surface area contributed by atoms with Crippen LogP contribution in [0.2, 0.25) is 0 Å². The smallest absolute Gasteiger partial charge is 0.328 e. The molecule has 0 bridgehead atoms. The van der Waals surface area contributed by atoms with E-state index in [0.29, 0.717) is 17.9 Å². The Kier molecular flexibility index (Phi) is 8.31. The fourth-order valence-electron chi connectivity index (χ4n) is 6.12. The number of rotatable bonds is 8. The van der Waals surface area contributed by atoms with Crippen molar-refractivity contribution < 1.29 is 19.0 Å². The lowest BCUT2D eigenvalue weighted by molar-refractivity contribution is -0.131. The summed E-state index contributed by atoms with van der Waals surface area (Å²) in [5.41, 5.74) is 8.30. The number of carboxylic acids is 1. The van der Waals surface area contributed by atoms with E-state index in [-0.39, 0.29) is 6.23 Å². The van der Waals surface area contributed by atoms with Crippen molar-refractivity contribution in [1.82, 2.24) is 9.78 Å². The average Bonchev–Trinajstić information content (AvgIpc) is 3.31. The van der Waals surface area contributed by atoms with E-state index < -0.39 is 11.9 Å². The number of carboxylic acid groups (broad SMARTS) is 1. The Morgan fingerprint density at radius 2 is 1.81 bits per heavy atom. The number of carbonyl (C=O) groups is 1. The van der Waals surface area contributed by atoms with E-state index in [9.17, 15) is 4.79 Å². The van der Waals surface area contributed by atoms with Crippen LogP contribution in [0.4, 0.5) is 4.39 Å². The molecule has 7 heteroatoms. The van der Waals surface area contributed by atoms with Crippen LogP contribution >= 0.6 is 11.8 Å². The number of aromatic nitrogens is 2. The molecule has 4 aromatic rings. The zero-order valence-electron chi connectivity index (χ0n) is 24.0. The summed E-state index contributed by atoms with van der Waals surface area (Å²) in [7, 11) is 0. The van der Waals surface area contributed by atoms with Gasteiger partial charge in [-0.2, -0.15) is 4.39 Å². The lowest BCUT2D eigenvalue weighted by Crippen LogP contribution is -2.19. The molecule has 5 nitrogen and oxygen atoms in total. The molecule has 3 aromatic carbocycles. The van der Waals surface area contributed by atoms with E-state index in [0.717, 1.165) is 66.0 Å². The predicted molar refractivity (Wildman–Crippen MR) is 168 cm³/mol. The summed E-state index contributed by atoms with van der Waals surface area (Å²) in [6.45, 7) is 2.83. The Bertz CT molecular complexity index is 1680. The first-order chi connectivity index (χ1) is 20.4. The third kappa shape index (κ3) is 5.68. The lowest BCUT2D eigenvalue weighted by Gasteiger charge is -2.32. The Morgan fingerprint density at radius 3 is 2.45 bits per heavy atom. The van der Waals surface area contributed by atoms with Crippen LogP contribution in [0.5, 0.6) is 0 Å². The molecule has 0 radical (unpaired) electrons. The highest BCUT2D eigenvalue weighted by molar-refractivity contribution is 7.98. The highest BCUT2D eigenvalue weighted by Gasteiger charge is 2.29. The monoisotopic (exact) mass is 582 g/mol. The molecule has 1 aliphatic carbocycles. The van der Waals surface area contributed by atoms with Crippen LogP contribution in [0.1, 0.15) is 72.6 Å². The Labute approximate surface area is 250 Å². The average molecular weight is 583 g/mol. The van der Waals surface area contributed by atoms with Gasteiger partial charge < -0.3 is 9.84 Å². The number of allylic oxidation sites excluding steroid dienone is 1. The standard InChI is InChI=1S/C35H35FN2O3S/c1-22-20-27(42-2)15-16-28(22)34(24-6-5-7-24)33(25-12-9-23(10-13-25)11-18-32(39)40)26-14-17-30-29(21-26)35(36)37-38(30)31-8-3-4-19-41-31/h9-18,20-21,24,31H,3-8,19H2,1-2H3,(H,39,40)/b18-11+,34-33+. The Balaban J connectivity index is 1.55. The van der Waals surface area contributed by atoms with Gasteiger partial charge in [-0.3, -0.25) is 0 Å². The number of aliphatic carboxylic acids is 1. The quantitative estimate of drug-likeness (QED) is 0.128. The topological polar surface area (TPSA) is 64.3 Å². The second kappa shape index (κ2) is 12.3. The summed E-state index contributed by atoms with van der Waals surface area (Å²) < 4.78 is 23.1.